The maximum atomic E-state index is 11.5. The molecule has 0 spiro atoms. The van der Waals surface area contributed by atoms with Crippen LogP contribution in [0.25, 0.3) is 0 Å². The first-order valence-electron chi connectivity index (χ1n) is 5.39. The van der Waals surface area contributed by atoms with Gasteiger partial charge in [-0.25, -0.2) is 13.4 Å². The Labute approximate surface area is 111 Å². The summed E-state index contributed by atoms with van der Waals surface area (Å²) in [6.07, 6.45) is 1.11. The standard InChI is InChI=1S/C10H16N4O4S/c1-10(2,19(3,17)18)6-12-9-7(14(15)16)4-5-8(11)13-9/h4-5H,6H2,1-3H3,(H3,11,12,13). The molecular weight excluding hydrogens is 272 g/mol. The average Bonchev–Trinajstić information content (AvgIpc) is 2.24. The predicted molar refractivity (Wildman–Crippen MR) is 72.7 cm³/mol. The number of aromatic nitrogens is 1. The van der Waals surface area contributed by atoms with Gasteiger partial charge in [-0.1, -0.05) is 0 Å². The maximum absolute atomic E-state index is 11.5. The number of nitrogens with zero attached hydrogens (tertiary/aromatic N) is 2. The lowest BCUT2D eigenvalue weighted by Gasteiger charge is -2.22. The summed E-state index contributed by atoms with van der Waals surface area (Å²) in [6.45, 7) is 3.03. The van der Waals surface area contributed by atoms with Crippen molar-refractivity contribution in [1.29, 1.82) is 0 Å². The van der Waals surface area contributed by atoms with E-state index in [0.29, 0.717) is 0 Å². The van der Waals surface area contributed by atoms with Crippen molar-refractivity contribution in [2.45, 2.75) is 18.6 Å². The number of rotatable bonds is 5. The molecule has 0 unspecified atom stereocenters. The van der Waals surface area contributed by atoms with E-state index >= 15 is 0 Å². The van der Waals surface area contributed by atoms with Gasteiger partial charge >= 0.3 is 5.69 Å². The lowest BCUT2D eigenvalue weighted by Crippen LogP contribution is -2.38. The van der Waals surface area contributed by atoms with Crippen LogP contribution in [-0.2, 0) is 9.84 Å². The largest absolute Gasteiger partial charge is 0.384 e. The third-order valence-corrected chi connectivity index (χ3v) is 4.93. The van der Waals surface area contributed by atoms with Crippen LogP contribution in [0.15, 0.2) is 12.1 Å². The van der Waals surface area contributed by atoms with Gasteiger partial charge in [-0.3, -0.25) is 10.1 Å². The van der Waals surface area contributed by atoms with Crippen LogP contribution in [0, 0.1) is 10.1 Å². The molecule has 0 saturated carbocycles. The monoisotopic (exact) mass is 288 g/mol. The molecule has 1 aromatic rings. The van der Waals surface area contributed by atoms with E-state index in [1.807, 2.05) is 0 Å². The fraction of sp³-hybridized carbons (Fsp3) is 0.500. The Morgan fingerprint density at radius 1 is 1.47 bits per heavy atom. The molecule has 0 aliphatic rings. The van der Waals surface area contributed by atoms with Crippen LogP contribution in [0.2, 0.25) is 0 Å². The molecule has 0 aliphatic heterocycles. The Morgan fingerprint density at radius 2 is 2.05 bits per heavy atom. The van der Waals surface area contributed by atoms with Gasteiger partial charge in [-0.15, -0.1) is 0 Å². The molecule has 0 atom stereocenters. The van der Waals surface area contributed by atoms with E-state index in [1.165, 1.54) is 26.0 Å². The van der Waals surface area contributed by atoms with Gasteiger partial charge in [0.1, 0.15) is 5.82 Å². The van der Waals surface area contributed by atoms with Crippen LogP contribution in [0.4, 0.5) is 17.3 Å². The second-order valence-corrected chi connectivity index (χ2v) is 7.40. The second kappa shape index (κ2) is 5.00. The first-order valence-corrected chi connectivity index (χ1v) is 7.28. The molecular formula is C10H16N4O4S. The van der Waals surface area contributed by atoms with Crippen molar-refractivity contribution >= 4 is 27.2 Å². The Kier molecular flexibility index (Phi) is 3.99. The summed E-state index contributed by atoms with van der Waals surface area (Å²) >= 11 is 0. The number of pyridine rings is 1. The highest BCUT2D eigenvalue weighted by Gasteiger charge is 2.31. The van der Waals surface area contributed by atoms with Crippen molar-refractivity contribution in [2.75, 3.05) is 23.9 Å². The summed E-state index contributed by atoms with van der Waals surface area (Å²) in [4.78, 5) is 14.0. The molecule has 8 nitrogen and oxygen atoms in total. The van der Waals surface area contributed by atoms with Gasteiger partial charge in [0.25, 0.3) is 0 Å². The quantitative estimate of drug-likeness (QED) is 0.605. The number of sulfone groups is 1. The molecule has 0 bridgehead atoms. The van der Waals surface area contributed by atoms with Crippen molar-refractivity contribution in [3.8, 4) is 0 Å². The third kappa shape index (κ3) is 3.53. The number of nitrogens with two attached hydrogens (primary N) is 1. The van der Waals surface area contributed by atoms with Crippen molar-refractivity contribution in [3.05, 3.63) is 22.2 Å². The van der Waals surface area contributed by atoms with Gasteiger partial charge in [-0.2, -0.15) is 0 Å². The topological polar surface area (TPSA) is 128 Å². The molecule has 0 saturated heterocycles. The lowest BCUT2D eigenvalue weighted by atomic mass is 10.2. The van der Waals surface area contributed by atoms with E-state index in [4.69, 9.17) is 5.73 Å². The van der Waals surface area contributed by atoms with Crippen LogP contribution >= 0.6 is 0 Å². The molecule has 9 heteroatoms. The SMILES string of the molecule is CC(C)(CNc1nc(N)ccc1[N+](=O)[O-])S(C)(=O)=O. The summed E-state index contributed by atoms with van der Waals surface area (Å²) in [5.74, 6) is 0.0759. The summed E-state index contributed by atoms with van der Waals surface area (Å²) in [5.41, 5.74) is 5.21. The van der Waals surface area contributed by atoms with Crippen LogP contribution in [0.1, 0.15) is 13.8 Å². The Morgan fingerprint density at radius 3 is 2.53 bits per heavy atom. The third-order valence-electron chi connectivity index (χ3n) is 2.78. The van der Waals surface area contributed by atoms with E-state index in [0.717, 1.165) is 6.26 Å². The minimum atomic E-state index is -3.31. The van der Waals surface area contributed by atoms with Gasteiger partial charge in [-0.05, 0) is 19.9 Å². The molecule has 0 fully saturated rings. The van der Waals surface area contributed by atoms with Crippen LogP contribution < -0.4 is 11.1 Å². The Balaban J connectivity index is 3.01. The zero-order valence-corrected chi connectivity index (χ0v) is 11.7. The summed E-state index contributed by atoms with van der Waals surface area (Å²) in [5, 5.41) is 13.5. The van der Waals surface area contributed by atoms with Crippen molar-refractivity contribution in [2.24, 2.45) is 0 Å². The highest BCUT2D eigenvalue weighted by atomic mass is 32.2. The lowest BCUT2D eigenvalue weighted by molar-refractivity contribution is -0.384. The summed E-state index contributed by atoms with van der Waals surface area (Å²) in [6, 6.07) is 2.53. The van der Waals surface area contributed by atoms with Crippen LogP contribution in [-0.4, -0.2) is 35.9 Å². The number of nitro groups is 1. The molecule has 1 heterocycles. The molecule has 0 radical (unpaired) electrons. The average molecular weight is 288 g/mol. The van der Waals surface area contributed by atoms with Gasteiger partial charge in [0.15, 0.2) is 9.84 Å². The minimum absolute atomic E-state index is 0.0108. The van der Waals surface area contributed by atoms with E-state index in [2.05, 4.69) is 10.3 Å². The molecule has 106 valence electrons. The fourth-order valence-electron chi connectivity index (χ4n) is 1.17. The number of nitrogens with one attached hydrogen (secondary N) is 1. The number of hydrogen-bond acceptors (Lipinski definition) is 7. The Hall–Kier alpha value is -1.90. The first kappa shape index (κ1) is 15.2. The predicted octanol–water partition coefficient (Wildman–Crippen LogP) is 0.807. The molecule has 19 heavy (non-hydrogen) atoms. The van der Waals surface area contributed by atoms with E-state index in [1.54, 1.807) is 0 Å². The normalized spacial score (nSPS) is 12.2. The van der Waals surface area contributed by atoms with Crippen molar-refractivity contribution in [3.63, 3.8) is 0 Å². The maximum Gasteiger partial charge on any atom is 0.311 e. The molecule has 0 aliphatic carbocycles. The summed E-state index contributed by atoms with van der Waals surface area (Å²) < 4.78 is 22.0. The van der Waals surface area contributed by atoms with Gasteiger partial charge in [0, 0.05) is 18.9 Å². The smallest absolute Gasteiger partial charge is 0.311 e. The van der Waals surface area contributed by atoms with Crippen molar-refractivity contribution in [1.82, 2.24) is 4.98 Å². The van der Waals surface area contributed by atoms with Crippen molar-refractivity contribution < 1.29 is 13.3 Å². The highest BCUT2D eigenvalue weighted by molar-refractivity contribution is 7.92. The van der Waals surface area contributed by atoms with Gasteiger partial charge < -0.3 is 11.1 Å². The molecule has 1 rings (SSSR count). The number of hydrogen-bond donors (Lipinski definition) is 2. The van der Waals surface area contributed by atoms with E-state index < -0.39 is 19.5 Å². The molecule has 1 aromatic heterocycles. The zero-order chi connectivity index (χ0) is 14.8. The zero-order valence-electron chi connectivity index (χ0n) is 10.9. The number of nitrogen functional groups attached to an aromatic ring is 1. The van der Waals surface area contributed by atoms with Gasteiger partial charge in [0.2, 0.25) is 5.82 Å². The Bertz CT molecular complexity index is 598. The van der Waals surface area contributed by atoms with Gasteiger partial charge in [0.05, 0.1) is 9.67 Å². The first-order chi connectivity index (χ1) is 8.54. The fourth-order valence-corrected chi connectivity index (χ4v) is 1.51. The minimum Gasteiger partial charge on any atom is -0.384 e. The second-order valence-electron chi connectivity index (χ2n) is 4.75. The van der Waals surface area contributed by atoms with Crippen LogP contribution in [0.3, 0.4) is 0 Å². The summed E-state index contributed by atoms with van der Waals surface area (Å²) in [7, 11) is -3.31. The van der Waals surface area contributed by atoms with E-state index in [9.17, 15) is 18.5 Å². The number of anilines is 2. The molecule has 0 amide bonds. The molecule has 0 aromatic carbocycles. The van der Waals surface area contributed by atoms with Crippen LogP contribution in [0.5, 0.6) is 0 Å². The highest BCUT2D eigenvalue weighted by Crippen LogP contribution is 2.24. The van der Waals surface area contributed by atoms with E-state index in [-0.39, 0.29) is 23.9 Å². The molecule has 3 N–H and O–H groups in total.